The van der Waals surface area contributed by atoms with Crippen LogP contribution >= 0.6 is 0 Å². The van der Waals surface area contributed by atoms with Gasteiger partial charge in [0, 0.05) is 18.8 Å². The van der Waals surface area contributed by atoms with Crippen molar-refractivity contribution in [3.63, 3.8) is 0 Å². The Balaban J connectivity index is 0.000000577. The van der Waals surface area contributed by atoms with Gasteiger partial charge in [-0.2, -0.15) is 5.26 Å². The second-order valence-corrected chi connectivity index (χ2v) is 36.1. The van der Waals surface area contributed by atoms with E-state index in [-0.39, 0.29) is 29.3 Å². The largest absolute Gasteiger partial charge is 0.496 e. The van der Waals surface area contributed by atoms with Gasteiger partial charge in [0.05, 0.1) is 88.5 Å². The van der Waals surface area contributed by atoms with Gasteiger partial charge in [0.25, 0.3) is 0 Å². The number of benzene rings is 7. The Bertz CT molecular complexity index is 3540. The molecule has 15 nitrogen and oxygen atoms in total. The Morgan fingerprint density at radius 3 is 1.11 bits per heavy atom. The van der Waals surface area contributed by atoms with E-state index in [9.17, 15) is 9.59 Å². The first-order valence-corrected chi connectivity index (χ1v) is 38.9. The maximum absolute atomic E-state index is 11.2. The smallest absolute Gasteiger partial charge is 0.310 e. The highest BCUT2D eigenvalue weighted by Gasteiger charge is 2.38. The minimum atomic E-state index is -1.66. The topological polar surface area (TPSA) is 191 Å². The van der Waals surface area contributed by atoms with Gasteiger partial charge in [-0.25, -0.2) is 0 Å². The van der Waals surface area contributed by atoms with E-state index in [1.54, 1.807) is 74.9 Å². The summed E-state index contributed by atoms with van der Waals surface area (Å²) in [6.45, 7) is 40.7. The molecule has 0 saturated heterocycles. The molecule has 0 bridgehead atoms. The van der Waals surface area contributed by atoms with Gasteiger partial charge >= 0.3 is 5.97 Å². The highest BCUT2D eigenvalue weighted by molar-refractivity contribution is 6.74. The van der Waals surface area contributed by atoms with Gasteiger partial charge in [-0.15, -0.1) is 0 Å². The first-order chi connectivity index (χ1) is 46.1. The summed E-state index contributed by atoms with van der Waals surface area (Å²) in [5.41, 5.74) is 14.9. The molecule has 7 aromatic rings. The lowest BCUT2D eigenvalue weighted by Crippen LogP contribution is -2.41. The van der Waals surface area contributed by atoms with Gasteiger partial charge in [0.15, 0.2) is 16.6 Å². The molecule has 0 fully saturated rings. The number of aldehydes is 1. The molecule has 0 saturated carbocycles. The van der Waals surface area contributed by atoms with E-state index in [0.29, 0.717) is 38.0 Å². The van der Waals surface area contributed by atoms with E-state index in [1.807, 2.05) is 120 Å². The first-order valence-electron chi connectivity index (χ1n) is 33.1. The zero-order valence-electron chi connectivity index (χ0n) is 63.8. The quantitative estimate of drug-likeness (QED) is 0.0370. The maximum atomic E-state index is 11.2. The number of aliphatic hydroxyl groups is 2. The summed E-state index contributed by atoms with van der Waals surface area (Å²) in [5, 5.41) is 26.5. The van der Waals surface area contributed by atoms with Crippen LogP contribution in [0.1, 0.15) is 131 Å². The minimum Gasteiger partial charge on any atom is -0.496 e. The molecule has 17 heteroatoms. The molecule has 0 aliphatic carbocycles. The van der Waals surface area contributed by atoms with Gasteiger partial charge in [0.2, 0.25) is 0 Å². The van der Waals surface area contributed by atoms with Crippen molar-refractivity contribution in [1.29, 1.82) is 5.26 Å². The van der Waals surface area contributed by atoms with Crippen molar-refractivity contribution in [1.82, 2.24) is 0 Å². The van der Waals surface area contributed by atoms with Crippen molar-refractivity contribution >= 4 is 28.9 Å². The second kappa shape index (κ2) is 44.9. The van der Waals surface area contributed by atoms with Crippen LogP contribution in [0.3, 0.4) is 0 Å². The molecule has 0 aliphatic heterocycles. The van der Waals surface area contributed by atoms with Crippen LogP contribution in [0.15, 0.2) is 127 Å². The number of carbonyl (C=O) groups is 2. The SMILES string of the molecule is CCOC(=O)Cc1ccc(OC)c(C)c1.COc1ccc(C=O)cc1C.COc1ccc(CC#N)cc1C.COc1ccc(CCO)cc1C.COc1ccc(CCO[Si](C)(C)C(C)(C)C)cc1C.COc1ccc(CO)cc1C.COc1ccc(CO[Si](C)(C)C(C)(C)C)cc1C. The third kappa shape index (κ3) is 31.7. The van der Waals surface area contributed by atoms with Crippen molar-refractivity contribution in [3.05, 3.63) is 205 Å². The van der Waals surface area contributed by atoms with Crippen molar-refractivity contribution in [2.24, 2.45) is 0 Å². The van der Waals surface area contributed by atoms with Crippen LogP contribution in [0.25, 0.3) is 0 Å². The zero-order valence-corrected chi connectivity index (χ0v) is 65.8. The summed E-state index contributed by atoms with van der Waals surface area (Å²) in [4.78, 5) is 21.5. The fourth-order valence-electron chi connectivity index (χ4n) is 9.06. The summed E-state index contributed by atoms with van der Waals surface area (Å²) in [7, 11) is 8.33. The van der Waals surface area contributed by atoms with E-state index in [2.05, 4.69) is 112 Å². The van der Waals surface area contributed by atoms with Crippen molar-refractivity contribution < 1.29 is 66.5 Å². The average molecular weight is 1380 g/mol. The fourth-order valence-corrected chi connectivity index (χ4v) is 11.1. The Morgan fingerprint density at radius 1 is 0.449 bits per heavy atom. The third-order valence-corrected chi connectivity index (χ3v) is 25.9. The number of hydrogen-bond acceptors (Lipinski definition) is 15. The lowest BCUT2D eigenvalue weighted by Gasteiger charge is -2.36. The Labute approximate surface area is 590 Å². The number of ether oxygens (including phenoxy) is 8. The van der Waals surface area contributed by atoms with Gasteiger partial charge in [-0.1, -0.05) is 114 Å². The standard InChI is InChI=1S/C16H28O2Si.C15H26O2Si.C12H16O3.C10H11NO.C10H14O2.C9H12O2.C9H10O2/c1-13-12-14(8-9-15(13)17-5)10-11-18-19(6,7)16(2,3)4;1-12-10-13(8-9-14(12)16-5)11-17-18(6,7)15(2,3)4;1-4-15-12(13)8-10-5-6-11(14-3)9(2)7-10;2*1-8-7-9(5-6-11)3-4-10(8)12-2;2*1-7-5-8(6-10)3-4-9(7)11-2/h8-9,12H,10-11H2,1-7H3;8-10H,11H2,1-7H3;5-7H,4,8H2,1-3H3;3-4,7H,5H2,1-2H3;3-4,7,11H,5-6H2,1-2H3;3-5,10H,6H2,1-2H3;3-6H,1-2H3. The monoisotopic (exact) mass is 1380 g/mol. The fraction of sp³-hybridized carbons (Fsp3) is 0.444. The van der Waals surface area contributed by atoms with Crippen LogP contribution in [0.4, 0.5) is 0 Å². The first kappa shape index (κ1) is 88.1. The maximum Gasteiger partial charge on any atom is 0.310 e. The van der Waals surface area contributed by atoms with Crippen molar-refractivity contribution in [2.75, 3.05) is 69.6 Å². The lowest BCUT2D eigenvalue weighted by molar-refractivity contribution is -0.142. The predicted molar refractivity (Wildman–Crippen MR) is 405 cm³/mol. The molecule has 0 atom stereocenters. The molecule has 7 aromatic carbocycles. The van der Waals surface area contributed by atoms with E-state index >= 15 is 0 Å². The molecular formula is C81H117NO14Si2. The van der Waals surface area contributed by atoms with E-state index in [0.717, 1.165) is 115 Å². The molecule has 0 aliphatic rings. The molecule has 0 aromatic heterocycles. The number of esters is 1. The third-order valence-electron chi connectivity index (χ3n) is 16.9. The van der Waals surface area contributed by atoms with Gasteiger partial charge in [0.1, 0.15) is 46.5 Å². The molecule has 0 amide bonds. The number of aliphatic hydroxyl groups excluding tert-OH is 2. The van der Waals surface area contributed by atoms with Crippen molar-refractivity contribution in [3.8, 4) is 46.3 Å². The molecule has 0 spiro atoms. The van der Waals surface area contributed by atoms with Crippen LogP contribution < -0.4 is 33.2 Å². The summed E-state index contributed by atoms with van der Waals surface area (Å²) in [6.07, 6.45) is 3.29. The van der Waals surface area contributed by atoms with Gasteiger partial charge in [-0.05, 0) is 231 Å². The van der Waals surface area contributed by atoms with Crippen LogP contribution in [0, 0.1) is 59.8 Å². The molecular weight excluding hydrogens is 1270 g/mol. The van der Waals surface area contributed by atoms with Crippen LogP contribution in [0.5, 0.6) is 40.2 Å². The highest BCUT2D eigenvalue weighted by atomic mass is 28.4. The minimum absolute atomic E-state index is 0.0881. The Hall–Kier alpha value is -7.96. The average Bonchev–Trinajstić information content (AvgIpc) is 0.860. The van der Waals surface area contributed by atoms with Gasteiger partial charge in [-0.3, -0.25) is 9.59 Å². The summed E-state index contributed by atoms with van der Waals surface area (Å²) >= 11 is 0. The summed E-state index contributed by atoms with van der Waals surface area (Å²) in [5.74, 6) is 5.98. The second-order valence-electron chi connectivity index (χ2n) is 26.5. The summed E-state index contributed by atoms with van der Waals surface area (Å²) < 4.78 is 53.3. The van der Waals surface area contributed by atoms with Crippen LogP contribution in [0.2, 0.25) is 36.3 Å². The van der Waals surface area contributed by atoms with Crippen LogP contribution in [-0.4, -0.2) is 109 Å². The number of carbonyl (C=O) groups excluding carboxylic acids is 2. The lowest BCUT2D eigenvalue weighted by atomic mass is 10.1. The number of nitrogens with zero attached hydrogens (tertiary/aromatic N) is 1. The summed E-state index contributed by atoms with van der Waals surface area (Å²) in [6, 6.07) is 43.1. The normalized spacial score (nSPS) is 10.7. The van der Waals surface area contributed by atoms with E-state index in [1.165, 1.54) is 16.7 Å². The number of rotatable bonds is 22. The number of methoxy groups -OCH3 is 7. The van der Waals surface area contributed by atoms with Crippen molar-refractivity contribution in [2.45, 2.75) is 172 Å². The Kier molecular flexibility index (Phi) is 40.3. The van der Waals surface area contributed by atoms with E-state index in [4.69, 9.17) is 62.2 Å². The van der Waals surface area contributed by atoms with E-state index < -0.39 is 16.6 Å². The molecule has 0 radical (unpaired) electrons. The Morgan fingerprint density at radius 2 is 0.765 bits per heavy atom. The molecule has 7 rings (SSSR count). The highest BCUT2D eigenvalue weighted by Crippen LogP contribution is 2.38. The number of hydrogen-bond donors (Lipinski definition) is 2. The number of nitriles is 1. The molecule has 538 valence electrons. The molecule has 0 heterocycles. The van der Waals surface area contributed by atoms with Crippen LogP contribution in [-0.2, 0) is 57.3 Å². The number of aryl methyl sites for hydroxylation is 7. The van der Waals surface area contributed by atoms with Gasteiger partial charge < -0.3 is 57.0 Å². The predicted octanol–water partition coefficient (Wildman–Crippen LogP) is 18.1. The zero-order chi connectivity index (χ0) is 74.4. The molecule has 98 heavy (non-hydrogen) atoms. The molecule has 2 N–H and O–H groups in total. The molecule has 0 unspecified atom stereocenters.